The van der Waals surface area contributed by atoms with Gasteiger partial charge in [0, 0.05) is 18.6 Å². The molecule has 0 aliphatic rings. The predicted octanol–water partition coefficient (Wildman–Crippen LogP) is 3.63. The number of rotatable bonds is 6. The number of carbonyl (C=O) groups excluding carboxylic acids is 1. The Morgan fingerprint density at radius 1 is 1.18 bits per heavy atom. The summed E-state index contributed by atoms with van der Waals surface area (Å²) in [7, 11) is 0. The van der Waals surface area contributed by atoms with Crippen LogP contribution in [0.1, 0.15) is 35.4 Å². The number of carbonyl (C=O) groups is 1. The monoisotopic (exact) mass is 479 g/mol. The molecule has 0 aromatic carbocycles. The van der Waals surface area contributed by atoms with Gasteiger partial charge in [-0.05, 0) is 19.1 Å². The van der Waals surface area contributed by atoms with Crippen LogP contribution in [0.4, 0.5) is 27.8 Å². The smallest absolute Gasteiger partial charge is 0.306 e. The number of hydrogen-bond acceptors (Lipinski definition) is 7. The standard InChI is InChI=1S/C19H14F5N9O/c1-10(19(22,23)24)32-9-27-30-17(32)12-3-2-4-13(28-12)29-18(34)11-8-33(31-15(11)16(20)21)14-7-25-5-6-26-14/h2-10,16H,1H3,(H,28,29,34). The summed E-state index contributed by atoms with van der Waals surface area (Å²) in [5, 5.41) is 13.3. The van der Waals surface area contributed by atoms with Gasteiger partial charge in [0.2, 0.25) is 0 Å². The van der Waals surface area contributed by atoms with Gasteiger partial charge in [-0.25, -0.2) is 23.4 Å². The van der Waals surface area contributed by atoms with Crippen LogP contribution in [0, 0.1) is 0 Å². The fourth-order valence-corrected chi connectivity index (χ4v) is 2.93. The van der Waals surface area contributed by atoms with Crippen LogP contribution in [0.5, 0.6) is 0 Å². The van der Waals surface area contributed by atoms with E-state index in [4.69, 9.17) is 0 Å². The molecule has 176 valence electrons. The van der Waals surface area contributed by atoms with E-state index in [9.17, 15) is 26.7 Å². The molecule has 0 radical (unpaired) electrons. The number of halogens is 5. The van der Waals surface area contributed by atoms with E-state index in [2.05, 4.69) is 35.6 Å². The number of pyridine rings is 1. The molecule has 0 aliphatic carbocycles. The van der Waals surface area contributed by atoms with Crippen molar-refractivity contribution in [2.75, 3.05) is 5.32 Å². The molecule has 0 saturated heterocycles. The maximum absolute atomic E-state index is 13.5. The Bertz CT molecular complexity index is 1300. The van der Waals surface area contributed by atoms with Crippen LogP contribution >= 0.6 is 0 Å². The van der Waals surface area contributed by atoms with Crippen molar-refractivity contribution in [3.8, 4) is 17.3 Å². The van der Waals surface area contributed by atoms with Crippen molar-refractivity contribution >= 4 is 11.7 Å². The molecule has 0 aliphatic heterocycles. The van der Waals surface area contributed by atoms with Gasteiger partial charge in [0.25, 0.3) is 12.3 Å². The average Bonchev–Trinajstić information content (AvgIpc) is 3.47. The van der Waals surface area contributed by atoms with Crippen LogP contribution in [0.15, 0.2) is 49.3 Å². The maximum atomic E-state index is 13.5. The van der Waals surface area contributed by atoms with Crippen molar-refractivity contribution in [1.29, 1.82) is 0 Å². The topological polar surface area (TPSA) is 116 Å². The van der Waals surface area contributed by atoms with E-state index in [0.717, 1.165) is 28.7 Å². The first kappa shape index (κ1) is 22.9. The second kappa shape index (κ2) is 8.92. The van der Waals surface area contributed by atoms with Gasteiger partial charge in [-0.2, -0.15) is 18.3 Å². The van der Waals surface area contributed by atoms with Crippen LogP contribution in [0.25, 0.3) is 17.3 Å². The fourth-order valence-electron chi connectivity index (χ4n) is 2.93. The van der Waals surface area contributed by atoms with Crippen molar-refractivity contribution in [3.63, 3.8) is 0 Å². The Balaban J connectivity index is 1.62. The molecule has 4 aromatic rings. The molecule has 10 nitrogen and oxygen atoms in total. The number of nitrogens with zero attached hydrogens (tertiary/aromatic N) is 8. The Morgan fingerprint density at radius 3 is 2.65 bits per heavy atom. The van der Waals surface area contributed by atoms with E-state index in [1.54, 1.807) is 0 Å². The largest absolute Gasteiger partial charge is 0.408 e. The minimum atomic E-state index is -4.56. The Hall–Kier alpha value is -4.30. The van der Waals surface area contributed by atoms with Crippen molar-refractivity contribution < 1.29 is 26.7 Å². The highest BCUT2D eigenvalue weighted by atomic mass is 19.4. The van der Waals surface area contributed by atoms with E-state index >= 15 is 0 Å². The average molecular weight is 479 g/mol. The maximum Gasteiger partial charge on any atom is 0.408 e. The summed E-state index contributed by atoms with van der Waals surface area (Å²) in [6.45, 7) is 0.930. The van der Waals surface area contributed by atoms with E-state index in [-0.39, 0.29) is 23.2 Å². The van der Waals surface area contributed by atoms with Crippen LogP contribution in [-0.2, 0) is 0 Å². The van der Waals surface area contributed by atoms with E-state index in [1.165, 1.54) is 36.8 Å². The van der Waals surface area contributed by atoms with Crippen LogP contribution in [0.3, 0.4) is 0 Å². The molecule has 1 atom stereocenters. The SMILES string of the molecule is CC(n1cnnc1-c1cccc(NC(=O)c2cn(-c3cnccn3)nc2C(F)F)n1)C(F)(F)F. The summed E-state index contributed by atoms with van der Waals surface area (Å²) in [5.41, 5.74) is -1.25. The lowest BCUT2D eigenvalue weighted by molar-refractivity contribution is -0.162. The summed E-state index contributed by atoms with van der Waals surface area (Å²) in [4.78, 5) is 24.6. The molecule has 4 aromatic heterocycles. The molecule has 15 heteroatoms. The predicted molar refractivity (Wildman–Crippen MR) is 106 cm³/mol. The van der Waals surface area contributed by atoms with Gasteiger partial charge in [-0.1, -0.05) is 6.07 Å². The molecule has 1 unspecified atom stereocenters. The molecular weight excluding hydrogens is 465 g/mol. The van der Waals surface area contributed by atoms with E-state index < -0.39 is 35.8 Å². The lowest BCUT2D eigenvalue weighted by atomic mass is 10.2. The van der Waals surface area contributed by atoms with Crippen LogP contribution in [0.2, 0.25) is 0 Å². The molecule has 1 N–H and O–H groups in total. The van der Waals surface area contributed by atoms with Gasteiger partial charge in [0.05, 0.1) is 11.8 Å². The Kier molecular flexibility index (Phi) is 6.00. The first-order valence-electron chi connectivity index (χ1n) is 9.54. The zero-order valence-corrected chi connectivity index (χ0v) is 17.1. The minimum absolute atomic E-state index is 0.0178. The summed E-state index contributed by atoms with van der Waals surface area (Å²) >= 11 is 0. The number of amides is 1. The third-order valence-electron chi connectivity index (χ3n) is 4.66. The molecule has 4 heterocycles. The van der Waals surface area contributed by atoms with Crippen LogP contribution in [-0.4, -0.2) is 51.6 Å². The molecule has 4 rings (SSSR count). The lowest BCUT2D eigenvalue weighted by Crippen LogP contribution is -2.24. The van der Waals surface area contributed by atoms with Crippen molar-refractivity contribution in [3.05, 3.63) is 60.6 Å². The van der Waals surface area contributed by atoms with Crippen molar-refractivity contribution in [2.24, 2.45) is 0 Å². The summed E-state index contributed by atoms with van der Waals surface area (Å²) in [5.74, 6) is -1.14. The van der Waals surface area contributed by atoms with Gasteiger partial charge in [-0.15, -0.1) is 10.2 Å². The van der Waals surface area contributed by atoms with Gasteiger partial charge in [0.15, 0.2) is 11.6 Å². The van der Waals surface area contributed by atoms with Gasteiger partial charge < -0.3 is 9.88 Å². The first-order chi connectivity index (χ1) is 16.1. The van der Waals surface area contributed by atoms with E-state index in [0.29, 0.717) is 0 Å². The number of nitrogens with one attached hydrogen (secondary N) is 1. The first-order valence-corrected chi connectivity index (χ1v) is 9.54. The fraction of sp³-hybridized carbons (Fsp3) is 0.211. The van der Waals surface area contributed by atoms with Gasteiger partial charge in [-0.3, -0.25) is 9.78 Å². The minimum Gasteiger partial charge on any atom is -0.306 e. The number of anilines is 1. The van der Waals surface area contributed by atoms with E-state index in [1.807, 2.05) is 0 Å². The highest BCUT2D eigenvalue weighted by Crippen LogP contribution is 2.32. The quantitative estimate of drug-likeness (QED) is 0.420. The van der Waals surface area contributed by atoms with Gasteiger partial charge in [0.1, 0.15) is 29.6 Å². The third-order valence-corrected chi connectivity index (χ3v) is 4.66. The zero-order chi connectivity index (χ0) is 24.5. The number of alkyl halides is 5. The molecule has 34 heavy (non-hydrogen) atoms. The normalized spacial score (nSPS) is 12.7. The van der Waals surface area contributed by atoms with Crippen molar-refractivity contribution in [1.82, 2.24) is 39.5 Å². The molecule has 0 spiro atoms. The Morgan fingerprint density at radius 2 is 1.97 bits per heavy atom. The lowest BCUT2D eigenvalue weighted by Gasteiger charge is -2.18. The summed E-state index contributed by atoms with van der Waals surface area (Å²) in [6, 6.07) is 2.19. The molecule has 0 fully saturated rings. The van der Waals surface area contributed by atoms with Gasteiger partial charge >= 0.3 is 6.18 Å². The number of hydrogen-bond donors (Lipinski definition) is 1. The molecular formula is C19H14F5N9O. The van der Waals surface area contributed by atoms with Crippen molar-refractivity contribution in [2.45, 2.75) is 25.6 Å². The highest BCUT2D eigenvalue weighted by Gasteiger charge is 2.38. The highest BCUT2D eigenvalue weighted by molar-refractivity contribution is 6.04. The molecule has 1 amide bonds. The molecule has 0 saturated carbocycles. The third kappa shape index (κ3) is 4.57. The summed E-state index contributed by atoms with van der Waals surface area (Å²) < 4.78 is 68.2. The molecule has 0 bridgehead atoms. The Labute approximate surface area is 187 Å². The second-order valence-corrected chi connectivity index (χ2v) is 6.88. The number of aromatic nitrogens is 8. The van der Waals surface area contributed by atoms with Crippen LogP contribution < -0.4 is 5.32 Å². The summed E-state index contributed by atoms with van der Waals surface area (Å²) in [6.07, 6.45) is -1.68. The second-order valence-electron chi connectivity index (χ2n) is 6.88. The zero-order valence-electron chi connectivity index (χ0n) is 17.1.